The van der Waals surface area contributed by atoms with Gasteiger partial charge in [-0.15, -0.1) is 16.4 Å². The van der Waals surface area contributed by atoms with E-state index in [-0.39, 0.29) is 5.91 Å². The maximum Gasteiger partial charge on any atom is 0.260 e. The van der Waals surface area contributed by atoms with Crippen molar-refractivity contribution in [3.05, 3.63) is 70.1 Å². The SMILES string of the molecule is COc1cc(-n2cc(C)c(Nc3ccc4[nH]ncc4c3Cl)n2)ccc1C(=O)Nc1cnc(C)s1. The number of aromatic nitrogens is 5. The number of nitrogens with zero attached hydrogens (tertiary/aromatic N) is 4. The summed E-state index contributed by atoms with van der Waals surface area (Å²) in [5.74, 6) is 0.828. The van der Waals surface area contributed by atoms with Crippen molar-refractivity contribution in [2.45, 2.75) is 13.8 Å². The van der Waals surface area contributed by atoms with Gasteiger partial charge in [0.2, 0.25) is 0 Å². The Hall–Kier alpha value is -3.89. The van der Waals surface area contributed by atoms with Crippen molar-refractivity contribution in [2.24, 2.45) is 0 Å². The molecule has 0 atom stereocenters. The van der Waals surface area contributed by atoms with Crippen LogP contribution in [0, 0.1) is 13.8 Å². The molecule has 0 aliphatic heterocycles. The Labute approximate surface area is 203 Å². The minimum Gasteiger partial charge on any atom is -0.496 e. The van der Waals surface area contributed by atoms with Crippen LogP contribution in [-0.2, 0) is 0 Å². The molecule has 0 spiro atoms. The third-order valence-corrected chi connectivity index (χ3v) is 6.50. The molecule has 11 heteroatoms. The number of hydrogen-bond donors (Lipinski definition) is 3. The first-order chi connectivity index (χ1) is 16.4. The maximum absolute atomic E-state index is 12.8. The fourth-order valence-corrected chi connectivity index (χ4v) is 4.47. The van der Waals surface area contributed by atoms with E-state index in [0.29, 0.717) is 27.2 Å². The van der Waals surface area contributed by atoms with Crippen molar-refractivity contribution in [3.63, 3.8) is 0 Å². The van der Waals surface area contributed by atoms with E-state index in [2.05, 4.69) is 30.9 Å². The predicted molar refractivity (Wildman–Crippen MR) is 134 cm³/mol. The lowest BCUT2D eigenvalue weighted by Gasteiger charge is -2.11. The van der Waals surface area contributed by atoms with E-state index in [1.807, 2.05) is 38.2 Å². The molecular formula is C23H20ClN7O2S. The van der Waals surface area contributed by atoms with Crippen LogP contribution in [-0.4, -0.2) is 38.0 Å². The van der Waals surface area contributed by atoms with Gasteiger partial charge in [-0.3, -0.25) is 9.89 Å². The molecular weight excluding hydrogens is 474 g/mol. The topological polar surface area (TPSA) is 110 Å². The van der Waals surface area contributed by atoms with Crippen LogP contribution in [0.25, 0.3) is 16.6 Å². The minimum absolute atomic E-state index is 0.268. The number of benzene rings is 2. The lowest BCUT2D eigenvalue weighted by Crippen LogP contribution is -2.12. The van der Waals surface area contributed by atoms with E-state index < -0.39 is 0 Å². The number of methoxy groups -OCH3 is 1. The summed E-state index contributed by atoms with van der Waals surface area (Å²) in [6, 6.07) is 9.09. The molecule has 172 valence electrons. The Balaban J connectivity index is 1.41. The highest BCUT2D eigenvalue weighted by Crippen LogP contribution is 2.33. The third-order valence-electron chi connectivity index (χ3n) is 5.26. The number of hydrogen-bond acceptors (Lipinski definition) is 7. The molecule has 0 unspecified atom stereocenters. The van der Waals surface area contributed by atoms with E-state index in [9.17, 15) is 4.79 Å². The average molecular weight is 494 g/mol. The van der Waals surface area contributed by atoms with Crippen molar-refractivity contribution >= 4 is 56.3 Å². The van der Waals surface area contributed by atoms with Gasteiger partial charge in [0.1, 0.15) is 10.8 Å². The highest BCUT2D eigenvalue weighted by Gasteiger charge is 2.16. The van der Waals surface area contributed by atoms with Crippen molar-refractivity contribution in [1.29, 1.82) is 0 Å². The summed E-state index contributed by atoms with van der Waals surface area (Å²) in [6.45, 7) is 3.83. The van der Waals surface area contributed by atoms with Crippen molar-refractivity contribution < 1.29 is 9.53 Å². The molecule has 0 aliphatic rings. The molecule has 5 aromatic rings. The summed E-state index contributed by atoms with van der Waals surface area (Å²) < 4.78 is 7.22. The first kappa shape index (κ1) is 21.9. The first-order valence-electron chi connectivity index (χ1n) is 10.3. The van der Waals surface area contributed by atoms with Crippen LogP contribution in [0.1, 0.15) is 20.9 Å². The van der Waals surface area contributed by atoms with Gasteiger partial charge in [0, 0.05) is 23.2 Å². The molecule has 0 aliphatic carbocycles. The van der Waals surface area contributed by atoms with Gasteiger partial charge in [-0.2, -0.15) is 5.10 Å². The van der Waals surface area contributed by atoms with Crippen LogP contribution in [0.3, 0.4) is 0 Å². The number of carbonyl (C=O) groups is 1. The third kappa shape index (κ3) is 4.09. The highest BCUT2D eigenvalue weighted by atomic mass is 35.5. The average Bonchev–Trinajstić information content (AvgIpc) is 3.56. The summed E-state index contributed by atoms with van der Waals surface area (Å²) in [5.41, 5.74) is 3.67. The predicted octanol–water partition coefficient (Wildman–Crippen LogP) is 5.48. The monoisotopic (exact) mass is 493 g/mol. The molecule has 3 heterocycles. The fourth-order valence-electron chi connectivity index (χ4n) is 3.53. The minimum atomic E-state index is -0.268. The second kappa shape index (κ2) is 8.81. The number of rotatable bonds is 6. The Morgan fingerprint density at radius 2 is 2.06 bits per heavy atom. The zero-order chi connectivity index (χ0) is 23.8. The normalized spacial score (nSPS) is 11.1. The van der Waals surface area contributed by atoms with E-state index >= 15 is 0 Å². The van der Waals surface area contributed by atoms with E-state index in [1.165, 1.54) is 18.4 Å². The van der Waals surface area contributed by atoms with E-state index in [1.54, 1.807) is 29.2 Å². The zero-order valence-corrected chi connectivity index (χ0v) is 20.1. The molecule has 0 saturated heterocycles. The second-order valence-corrected chi connectivity index (χ2v) is 9.18. The number of H-pyrrole nitrogens is 1. The lowest BCUT2D eigenvalue weighted by atomic mass is 10.1. The summed E-state index contributed by atoms with van der Waals surface area (Å²) >= 11 is 7.95. The van der Waals surface area contributed by atoms with Gasteiger partial charge in [0.05, 0.1) is 52.0 Å². The Kier molecular flexibility index (Phi) is 5.68. The van der Waals surface area contributed by atoms with Gasteiger partial charge in [0.15, 0.2) is 5.82 Å². The van der Waals surface area contributed by atoms with Gasteiger partial charge in [-0.1, -0.05) is 11.6 Å². The molecule has 9 nitrogen and oxygen atoms in total. The highest BCUT2D eigenvalue weighted by molar-refractivity contribution is 7.15. The summed E-state index contributed by atoms with van der Waals surface area (Å²) in [6.07, 6.45) is 5.21. The standard InChI is InChI=1S/C23H20ClN7O2S/c1-12-11-31(30-22(12)27-18-7-6-17-16(21(18)24)9-26-29-17)14-4-5-15(19(8-14)33-3)23(32)28-20-10-25-13(2)34-20/h4-11H,1-3H3,(H,26,29)(H,27,30)(H,28,32). The van der Waals surface area contributed by atoms with Gasteiger partial charge in [-0.25, -0.2) is 9.67 Å². The molecule has 2 aromatic carbocycles. The summed E-state index contributed by atoms with van der Waals surface area (Å²) in [7, 11) is 1.53. The maximum atomic E-state index is 12.8. The molecule has 0 radical (unpaired) electrons. The van der Waals surface area contributed by atoms with Crippen molar-refractivity contribution in [1.82, 2.24) is 25.0 Å². The molecule has 1 amide bonds. The number of halogens is 1. The largest absolute Gasteiger partial charge is 0.496 e. The van der Waals surface area contributed by atoms with Gasteiger partial charge in [-0.05, 0) is 38.1 Å². The number of anilines is 3. The van der Waals surface area contributed by atoms with Gasteiger partial charge in [0.25, 0.3) is 5.91 Å². The summed E-state index contributed by atoms with van der Waals surface area (Å²) in [5, 5.41) is 20.7. The molecule has 3 N–H and O–H groups in total. The number of aromatic amines is 1. The molecule has 3 aromatic heterocycles. The number of ether oxygens (including phenoxy) is 1. The number of nitrogens with one attached hydrogen (secondary N) is 3. The van der Waals surface area contributed by atoms with E-state index in [4.69, 9.17) is 16.3 Å². The number of amides is 1. The van der Waals surface area contributed by atoms with Crippen LogP contribution in [0.15, 0.2) is 48.9 Å². The number of fused-ring (bicyclic) bond motifs is 1. The van der Waals surface area contributed by atoms with Gasteiger partial charge >= 0.3 is 0 Å². The fraction of sp³-hybridized carbons (Fsp3) is 0.130. The van der Waals surface area contributed by atoms with E-state index in [0.717, 1.165) is 32.8 Å². The lowest BCUT2D eigenvalue weighted by molar-refractivity contribution is 0.102. The van der Waals surface area contributed by atoms with Crippen LogP contribution in [0.2, 0.25) is 5.02 Å². The molecule has 0 bridgehead atoms. The van der Waals surface area contributed by atoms with Crippen molar-refractivity contribution in [2.75, 3.05) is 17.7 Å². The summed E-state index contributed by atoms with van der Waals surface area (Å²) in [4.78, 5) is 16.9. The number of aryl methyl sites for hydroxylation is 2. The second-order valence-electron chi connectivity index (χ2n) is 7.57. The molecule has 34 heavy (non-hydrogen) atoms. The molecule has 0 fully saturated rings. The van der Waals surface area contributed by atoms with Gasteiger partial charge < -0.3 is 15.4 Å². The quantitative estimate of drug-likeness (QED) is 0.289. The number of thiazole rings is 1. The Morgan fingerprint density at radius 3 is 2.82 bits per heavy atom. The Morgan fingerprint density at radius 1 is 1.21 bits per heavy atom. The van der Waals surface area contributed by atoms with Crippen LogP contribution in [0.4, 0.5) is 16.5 Å². The number of carbonyl (C=O) groups excluding carboxylic acids is 1. The van der Waals surface area contributed by atoms with Crippen LogP contribution >= 0.6 is 22.9 Å². The zero-order valence-electron chi connectivity index (χ0n) is 18.5. The van der Waals surface area contributed by atoms with Crippen LogP contribution < -0.4 is 15.4 Å². The first-order valence-corrected chi connectivity index (χ1v) is 11.5. The van der Waals surface area contributed by atoms with Crippen molar-refractivity contribution in [3.8, 4) is 11.4 Å². The molecule has 5 rings (SSSR count). The smallest absolute Gasteiger partial charge is 0.260 e. The van der Waals surface area contributed by atoms with Crippen LogP contribution in [0.5, 0.6) is 5.75 Å². The Bertz CT molecular complexity index is 1520. The molecule has 0 saturated carbocycles.